The van der Waals surface area contributed by atoms with Crippen LogP contribution in [0.5, 0.6) is 5.75 Å². The molecule has 9 nitrogen and oxygen atoms in total. The number of carbonyl (C=O) groups excluding carboxylic acids is 1. The molecule has 0 saturated heterocycles. The highest BCUT2D eigenvalue weighted by Gasteiger charge is 2.29. The number of anilines is 1. The van der Waals surface area contributed by atoms with Crippen LogP contribution in [0.4, 0.5) is 10.1 Å². The lowest BCUT2D eigenvalue weighted by Gasteiger charge is -2.12. The van der Waals surface area contributed by atoms with E-state index in [1.54, 1.807) is 6.07 Å². The second kappa shape index (κ2) is 9.34. The Labute approximate surface area is 172 Å². The van der Waals surface area contributed by atoms with Crippen LogP contribution in [0, 0.1) is 17.1 Å². The minimum atomic E-state index is -4.20. The number of aromatic nitrogens is 1. The summed E-state index contributed by atoms with van der Waals surface area (Å²) in [6.07, 6.45) is 1.65. The maximum absolute atomic E-state index is 13.5. The number of sulfonamides is 1. The lowest BCUT2D eigenvalue weighted by molar-refractivity contribution is 0.101. The van der Waals surface area contributed by atoms with Crippen molar-refractivity contribution < 1.29 is 27.4 Å². The lowest BCUT2D eigenvalue weighted by Crippen LogP contribution is -2.18. The number of rotatable bonds is 9. The van der Waals surface area contributed by atoms with Gasteiger partial charge in [0.25, 0.3) is 15.9 Å². The second-order valence-electron chi connectivity index (χ2n) is 6.09. The van der Waals surface area contributed by atoms with E-state index in [1.807, 2.05) is 0 Å². The minimum Gasteiger partial charge on any atom is -0.490 e. The molecule has 1 aromatic carbocycles. The standard InChI is InChI=1S/C19H19FN4O5S/c1-4-14(25)7-8-29-18-16(30(27,28)22-2)11-24(3)17(18)19(26)23-13-5-6-15(20)12(9-13)10-21/h4-6,9,11,14,25H,1-2,7-8H2,3H3,(H,23,26)/t14-/m0/s1. The van der Waals surface area contributed by atoms with Gasteiger partial charge in [0.1, 0.15) is 16.8 Å². The van der Waals surface area contributed by atoms with Gasteiger partial charge in [-0.05, 0) is 18.2 Å². The van der Waals surface area contributed by atoms with E-state index in [2.05, 4.69) is 23.0 Å². The third-order valence-electron chi connectivity index (χ3n) is 4.04. The molecule has 158 valence electrons. The lowest BCUT2D eigenvalue weighted by atomic mass is 10.2. The van der Waals surface area contributed by atoms with Crippen molar-refractivity contribution in [2.24, 2.45) is 11.4 Å². The van der Waals surface area contributed by atoms with Gasteiger partial charge < -0.3 is 19.7 Å². The van der Waals surface area contributed by atoms with Gasteiger partial charge in [0.05, 0.1) is 18.3 Å². The van der Waals surface area contributed by atoms with Crippen LogP contribution in [-0.2, 0) is 17.1 Å². The molecule has 2 aromatic rings. The molecule has 2 rings (SSSR count). The molecule has 0 aliphatic heterocycles. The van der Waals surface area contributed by atoms with Crippen molar-refractivity contribution in [3.05, 3.63) is 54.1 Å². The van der Waals surface area contributed by atoms with Gasteiger partial charge in [-0.3, -0.25) is 4.79 Å². The first-order chi connectivity index (χ1) is 14.1. The first-order valence-electron chi connectivity index (χ1n) is 8.51. The third-order valence-corrected chi connectivity index (χ3v) is 5.23. The number of benzene rings is 1. The predicted octanol–water partition coefficient (Wildman–Crippen LogP) is 1.99. The molecule has 0 saturated carbocycles. The average Bonchev–Trinajstić information content (AvgIpc) is 3.06. The Hall–Kier alpha value is -3.49. The predicted molar refractivity (Wildman–Crippen MR) is 108 cm³/mol. The molecule has 1 aromatic heterocycles. The van der Waals surface area contributed by atoms with Crippen LogP contribution in [0.3, 0.4) is 0 Å². The summed E-state index contributed by atoms with van der Waals surface area (Å²) in [7, 11) is -2.77. The summed E-state index contributed by atoms with van der Waals surface area (Å²) >= 11 is 0. The molecule has 1 heterocycles. The summed E-state index contributed by atoms with van der Waals surface area (Å²) in [6.45, 7) is 6.34. The van der Waals surface area contributed by atoms with Gasteiger partial charge in [0.15, 0.2) is 11.4 Å². The van der Waals surface area contributed by atoms with Crippen LogP contribution in [0.15, 0.2) is 46.3 Å². The zero-order chi connectivity index (χ0) is 22.5. The van der Waals surface area contributed by atoms with Gasteiger partial charge in [-0.2, -0.15) is 18.1 Å². The van der Waals surface area contributed by atoms with E-state index in [1.165, 1.54) is 23.8 Å². The normalized spacial score (nSPS) is 11.9. The Kier molecular flexibility index (Phi) is 7.10. The van der Waals surface area contributed by atoms with Crippen molar-refractivity contribution in [2.75, 3.05) is 11.9 Å². The van der Waals surface area contributed by atoms with Gasteiger partial charge in [-0.25, -0.2) is 4.39 Å². The largest absolute Gasteiger partial charge is 0.490 e. The highest BCUT2D eigenvalue weighted by molar-refractivity contribution is 7.90. The monoisotopic (exact) mass is 434 g/mol. The van der Waals surface area contributed by atoms with Crippen LogP contribution >= 0.6 is 0 Å². The van der Waals surface area contributed by atoms with Crippen LogP contribution < -0.4 is 10.1 Å². The maximum Gasteiger partial charge on any atom is 0.286 e. The first-order valence-corrected chi connectivity index (χ1v) is 9.95. The molecule has 1 amide bonds. The fourth-order valence-corrected chi connectivity index (χ4v) is 3.33. The molecule has 11 heteroatoms. The summed E-state index contributed by atoms with van der Waals surface area (Å²) in [4.78, 5) is 12.4. The summed E-state index contributed by atoms with van der Waals surface area (Å²) in [5.74, 6) is -1.79. The molecule has 0 radical (unpaired) electrons. The van der Waals surface area contributed by atoms with Crippen LogP contribution in [0.1, 0.15) is 22.5 Å². The van der Waals surface area contributed by atoms with E-state index in [-0.39, 0.29) is 40.6 Å². The summed E-state index contributed by atoms with van der Waals surface area (Å²) in [5, 5.41) is 21.0. The molecule has 0 aliphatic rings. The van der Waals surface area contributed by atoms with Crippen molar-refractivity contribution >= 4 is 28.3 Å². The Morgan fingerprint density at radius 3 is 2.83 bits per heavy atom. The summed E-state index contributed by atoms with van der Waals surface area (Å²) in [6, 6.07) is 5.07. The van der Waals surface area contributed by atoms with Crippen molar-refractivity contribution in [3.8, 4) is 11.8 Å². The van der Waals surface area contributed by atoms with Gasteiger partial charge in [-0.1, -0.05) is 6.08 Å². The number of nitrogens with one attached hydrogen (secondary N) is 1. The number of nitriles is 1. The van der Waals surface area contributed by atoms with E-state index >= 15 is 0 Å². The molecule has 1 atom stereocenters. The van der Waals surface area contributed by atoms with Crippen molar-refractivity contribution in [3.63, 3.8) is 0 Å². The minimum absolute atomic E-state index is 0.101. The average molecular weight is 434 g/mol. The Morgan fingerprint density at radius 2 is 2.23 bits per heavy atom. The molecule has 0 aliphatic carbocycles. The SMILES string of the molecule is C=C[C@H](O)CCOc1c(S(=O)(=O)N=C)cn(C)c1C(=O)Nc1ccc(F)c(C#N)c1. The van der Waals surface area contributed by atoms with E-state index in [0.29, 0.717) is 0 Å². The van der Waals surface area contributed by atoms with Crippen molar-refractivity contribution in [1.82, 2.24) is 4.57 Å². The first kappa shape index (κ1) is 22.8. The summed E-state index contributed by atoms with van der Waals surface area (Å²) < 4.78 is 47.8. The van der Waals surface area contributed by atoms with E-state index in [4.69, 9.17) is 10.00 Å². The van der Waals surface area contributed by atoms with Crippen LogP contribution in [0.2, 0.25) is 0 Å². The second-order valence-corrected chi connectivity index (χ2v) is 7.74. The smallest absolute Gasteiger partial charge is 0.286 e. The maximum atomic E-state index is 13.5. The molecule has 0 bridgehead atoms. The number of ether oxygens (including phenoxy) is 1. The molecule has 2 N–H and O–H groups in total. The molecule has 30 heavy (non-hydrogen) atoms. The number of halogens is 1. The third kappa shape index (κ3) is 4.91. The van der Waals surface area contributed by atoms with Crippen LogP contribution in [0.25, 0.3) is 0 Å². The molecular formula is C19H19FN4O5S. The number of aryl methyl sites for hydroxylation is 1. The Morgan fingerprint density at radius 1 is 1.53 bits per heavy atom. The van der Waals surface area contributed by atoms with Crippen LogP contribution in [-0.4, -0.2) is 43.4 Å². The molecular weight excluding hydrogens is 415 g/mol. The van der Waals surface area contributed by atoms with E-state index in [0.717, 1.165) is 18.3 Å². The number of hydrogen-bond acceptors (Lipinski definition) is 6. The zero-order valence-corrected chi connectivity index (χ0v) is 16.8. The fraction of sp³-hybridized carbons (Fsp3) is 0.211. The molecule has 0 spiro atoms. The highest BCUT2D eigenvalue weighted by Crippen LogP contribution is 2.32. The number of hydrogen-bond donors (Lipinski definition) is 2. The van der Waals surface area contributed by atoms with Crippen molar-refractivity contribution in [1.29, 1.82) is 5.26 Å². The Balaban J connectivity index is 2.44. The van der Waals surface area contributed by atoms with Gasteiger partial charge in [0.2, 0.25) is 0 Å². The van der Waals surface area contributed by atoms with Gasteiger partial charge in [0, 0.05) is 32.1 Å². The summed E-state index contributed by atoms with van der Waals surface area (Å²) in [5.41, 5.74) is -0.305. The van der Waals surface area contributed by atoms with E-state index in [9.17, 15) is 22.7 Å². The molecule has 0 unspecified atom stereocenters. The van der Waals surface area contributed by atoms with Gasteiger partial charge >= 0.3 is 0 Å². The number of amides is 1. The quantitative estimate of drug-likeness (QED) is 0.458. The number of nitrogens with zero attached hydrogens (tertiary/aromatic N) is 3. The van der Waals surface area contributed by atoms with Gasteiger partial charge in [-0.15, -0.1) is 6.58 Å². The topological polar surface area (TPSA) is 134 Å². The number of aliphatic hydroxyl groups is 1. The zero-order valence-electron chi connectivity index (χ0n) is 16.0. The number of carbonyl (C=O) groups is 1. The Bertz CT molecular complexity index is 1130. The highest BCUT2D eigenvalue weighted by atomic mass is 32.2. The number of aliphatic hydroxyl groups excluding tert-OH is 1. The fourth-order valence-electron chi connectivity index (χ4n) is 2.51. The molecule has 0 fully saturated rings. The van der Waals surface area contributed by atoms with Crippen molar-refractivity contribution in [2.45, 2.75) is 17.4 Å². The van der Waals surface area contributed by atoms with E-state index < -0.39 is 27.9 Å².